The van der Waals surface area contributed by atoms with Crippen molar-refractivity contribution in [2.75, 3.05) is 0 Å². The third-order valence-corrected chi connectivity index (χ3v) is 6.96. The molecule has 0 bridgehead atoms. The second-order valence-corrected chi connectivity index (χ2v) is 9.63. The number of carbonyl (C=O) groups excluding carboxylic acids is 1. The first-order valence-electron chi connectivity index (χ1n) is 9.67. The van der Waals surface area contributed by atoms with Crippen LogP contribution < -0.4 is 0 Å². The number of pyridine rings is 1. The molecule has 162 valence electrons. The van der Waals surface area contributed by atoms with Crippen LogP contribution in [0.25, 0.3) is 0 Å². The minimum Gasteiger partial charge on any atom is -0.332 e. The topological polar surface area (TPSA) is 67.3 Å². The van der Waals surface area contributed by atoms with Crippen molar-refractivity contribution in [1.29, 1.82) is 0 Å². The molecule has 0 saturated carbocycles. The minimum atomic E-state index is -4.64. The Morgan fingerprint density at radius 1 is 1.10 bits per heavy atom. The van der Waals surface area contributed by atoms with Crippen LogP contribution in [-0.2, 0) is 21.8 Å². The lowest BCUT2D eigenvalue weighted by Crippen LogP contribution is -2.47. The number of benzene rings is 1. The molecule has 5 nitrogen and oxygen atoms in total. The summed E-state index contributed by atoms with van der Waals surface area (Å²) in [5.74, 6) is -0.867. The number of hydrogen-bond acceptors (Lipinski definition) is 4. The van der Waals surface area contributed by atoms with E-state index in [2.05, 4.69) is 4.98 Å². The molecule has 3 rings (SSSR count). The van der Waals surface area contributed by atoms with Gasteiger partial charge in [0.25, 0.3) is 5.91 Å². The molecule has 9 heteroatoms. The zero-order valence-electron chi connectivity index (χ0n) is 16.7. The highest BCUT2D eigenvalue weighted by Gasteiger charge is 2.32. The number of amides is 1. The Morgan fingerprint density at radius 2 is 1.73 bits per heavy atom. The Hall–Kier alpha value is -2.42. The van der Waals surface area contributed by atoms with Crippen molar-refractivity contribution in [2.45, 2.75) is 62.0 Å². The predicted octanol–water partition coefficient (Wildman–Crippen LogP) is 4.48. The van der Waals surface area contributed by atoms with E-state index >= 15 is 0 Å². The van der Waals surface area contributed by atoms with Gasteiger partial charge in [0.1, 0.15) is 5.69 Å². The molecule has 1 saturated heterocycles. The fraction of sp³-hybridized carbons (Fsp3) is 0.429. The number of alkyl halides is 3. The lowest BCUT2D eigenvalue weighted by Gasteiger charge is -2.38. The number of piperidine rings is 1. The number of sulfone groups is 1. The fourth-order valence-corrected chi connectivity index (χ4v) is 5.09. The van der Waals surface area contributed by atoms with Crippen molar-refractivity contribution in [2.24, 2.45) is 0 Å². The van der Waals surface area contributed by atoms with Crippen LogP contribution in [0.15, 0.2) is 47.4 Å². The SMILES string of the molecule is CC1CCCC(C)N1C(=O)c1cccc(CS(=O)(=O)c2cccc(C(F)(F)F)c2)n1. The highest BCUT2D eigenvalue weighted by molar-refractivity contribution is 7.90. The van der Waals surface area contributed by atoms with Crippen LogP contribution in [0.5, 0.6) is 0 Å². The molecule has 0 N–H and O–H groups in total. The van der Waals surface area contributed by atoms with E-state index in [1.165, 1.54) is 18.2 Å². The maximum Gasteiger partial charge on any atom is 0.416 e. The third kappa shape index (κ3) is 4.83. The Kier molecular flexibility index (Phi) is 6.21. The number of likely N-dealkylation sites (tertiary alicyclic amines) is 1. The quantitative estimate of drug-likeness (QED) is 0.703. The molecule has 30 heavy (non-hydrogen) atoms. The molecule has 2 atom stereocenters. The van der Waals surface area contributed by atoms with E-state index in [1.807, 2.05) is 13.8 Å². The Bertz CT molecular complexity index is 1030. The number of halogens is 3. The zero-order chi connectivity index (χ0) is 22.1. The Balaban J connectivity index is 1.85. The number of aromatic nitrogens is 1. The molecule has 2 unspecified atom stereocenters. The summed E-state index contributed by atoms with van der Waals surface area (Å²) in [6.07, 6.45) is -1.83. The molecule has 1 amide bonds. The molecule has 2 heterocycles. The lowest BCUT2D eigenvalue weighted by atomic mass is 9.97. The number of carbonyl (C=O) groups is 1. The first-order chi connectivity index (χ1) is 14.0. The summed E-state index contributed by atoms with van der Waals surface area (Å²) < 4.78 is 64.1. The molecule has 1 aliphatic rings. The maximum atomic E-state index is 13.0. The molecule has 0 aliphatic carbocycles. The molecule has 0 spiro atoms. The molecule has 0 radical (unpaired) electrons. The summed E-state index contributed by atoms with van der Waals surface area (Å²) >= 11 is 0. The monoisotopic (exact) mass is 440 g/mol. The van der Waals surface area contributed by atoms with Crippen molar-refractivity contribution in [3.05, 3.63) is 59.4 Å². The van der Waals surface area contributed by atoms with Gasteiger partial charge in [0.15, 0.2) is 9.84 Å². The van der Waals surface area contributed by atoms with Gasteiger partial charge in [-0.1, -0.05) is 12.1 Å². The van der Waals surface area contributed by atoms with E-state index in [0.717, 1.165) is 37.5 Å². The van der Waals surface area contributed by atoms with Gasteiger partial charge >= 0.3 is 6.18 Å². The second kappa shape index (κ2) is 8.37. The first-order valence-corrected chi connectivity index (χ1v) is 11.3. The lowest BCUT2D eigenvalue weighted by molar-refractivity contribution is -0.137. The van der Waals surface area contributed by atoms with Crippen LogP contribution in [0.3, 0.4) is 0 Å². The largest absolute Gasteiger partial charge is 0.416 e. The molecule has 1 aliphatic heterocycles. The van der Waals surface area contributed by atoms with Gasteiger partial charge in [0.2, 0.25) is 0 Å². The first kappa shape index (κ1) is 22.3. The highest BCUT2D eigenvalue weighted by atomic mass is 32.2. The van der Waals surface area contributed by atoms with Crippen LogP contribution in [0.4, 0.5) is 13.2 Å². The molecule has 1 fully saturated rings. The summed E-state index contributed by atoms with van der Waals surface area (Å²) in [6.45, 7) is 3.94. The number of rotatable bonds is 4. The normalized spacial score (nSPS) is 20.2. The Labute approximate surface area is 173 Å². The Morgan fingerprint density at radius 3 is 2.37 bits per heavy atom. The van der Waals surface area contributed by atoms with Gasteiger partial charge in [-0.25, -0.2) is 13.4 Å². The van der Waals surface area contributed by atoms with E-state index in [4.69, 9.17) is 0 Å². The summed E-state index contributed by atoms with van der Waals surface area (Å²) in [5, 5.41) is 0. The van der Waals surface area contributed by atoms with Gasteiger partial charge in [0.05, 0.1) is 21.9 Å². The predicted molar refractivity (Wildman–Crippen MR) is 106 cm³/mol. The van der Waals surface area contributed by atoms with Gasteiger partial charge in [-0.15, -0.1) is 0 Å². The van der Waals surface area contributed by atoms with E-state index < -0.39 is 32.2 Å². The van der Waals surface area contributed by atoms with Crippen molar-refractivity contribution in [3.63, 3.8) is 0 Å². The summed E-state index contributed by atoms with van der Waals surface area (Å²) in [7, 11) is -4.07. The van der Waals surface area contributed by atoms with Gasteiger partial charge in [-0.05, 0) is 63.4 Å². The van der Waals surface area contributed by atoms with Crippen LogP contribution >= 0.6 is 0 Å². The van der Waals surface area contributed by atoms with Crippen molar-refractivity contribution >= 4 is 15.7 Å². The van der Waals surface area contributed by atoms with Crippen LogP contribution in [-0.4, -0.2) is 36.3 Å². The van der Waals surface area contributed by atoms with Crippen molar-refractivity contribution in [1.82, 2.24) is 9.88 Å². The van der Waals surface area contributed by atoms with Crippen molar-refractivity contribution in [3.8, 4) is 0 Å². The van der Waals surface area contributed by atoms with E-state index in [0.29, 0.717) is 6.07 Å². The van der Waals surface area contributed by atoms with Crippen LogP contribution in [0.1, 0.15) is 54.9 Å². The van der Waals surface area contributed by atoms with E-state index in [9.17, 15) is 26.4 Å². The fourth-order valence-electron chi connectivity index (χ4n) is 3.78. The van der Waals surface area contributed by atoms with Crippen LogP contribution in [0, 0.1) is 0 Å². The average molecular weight is 440 g/mol. The highest BCUT2D eigenvalue weighted by Crippen LogP contribution is 2.31. The maximum absolute atomic E-state index is 13.0. The van der Waals surface area contributed by atoms with E-state index in [-0.39, 0.29) is 29.4 Å². The van der Waals surface area contributed by atoms with Gasteiger partial charge in [-0.3, -0.25) is 4.79 Å². The van der Waals surface area contributed by atoms with Gasteiger partial charge in [-0.2, -0.15) is 13.2 Å². The average Bonchev–Trinajstić information content (AvgIpc) is 2.67. The standard InChI is InChI=1S/C21H23F3N2O3S/c1-14-6-3-7-15(2)26(14)20(27)19-11-5-9-17(25-19)13-30(28,29)18-10-4-8-16(12-18)21(22,23)24/h4-5,8-12,14-15H,3,6-7,13H2,1-2H3. The smallest absolute Gasteiger partial charge is 0.332 e. The third-order valence-electron chi connectivity index (χ3n) is 5.31. The minimum absolute atomic E-state index is 0.0561. The van der Waals surface area contributed by atoms with Gasteiger partial charge < -0.3 is 4.90 Å². The molecule has 1 aromatic heterocycles. The summed E-state index contributed by atoms with van der Waals surface area (Å²) in [5.41, 5.74) is -0.795. The summed E-state index contributed by atoms with van der Waals surface area (Å²) in [4.78, 5) is 18.5. The molecule has 1 aromatic carbocycles. The molecular weight excluding hydrogens is 417 g/mol. The number of hydrogen-bond donors (Lipinski definition) is 0. The molecular formula is C21H23F3N2O3S. The van der Waals surface area contributed by atoms with Gasteiger partial charge in [0, 0.05) is 12.1 Å². The van der Waals surface area contributed by atoms with Crippen LogP contribution in [0.2, 0.25) is 0 Å². The summed E-state index contributed by atoms with van der Waals surface area (Å²) in [6, 6.07) is 8.23. The van der Waals surface area contributed by atoms with E-state index in [1.54, 1.807) is 4.90 Å². The zero-order valence-corrected chi connectivity index (χ0v) is 17.5. The molecule has 2 aromatic rings. The second-order valence-electron chi connectivity index (χ2n) is 7.64. The van der Waals surface area contributed by atoms with Crippen molar-refractivity contribution < 1.29 is 26.4 Å². The number of nitrogens with zero attached hydrogens (tertiary/aromatic N) is 2.